The van der Waals surface area contributed by atoms with E-state index < -0.39 is 0 Å². The number of hydrogen-bond donors (Lipinski definition) is 1. The molecule has 1 aliphatic carbocycles. The number of hydrogen-bond acceptors (Lipinski definition) is 2. The number of nitrogens with one attached hydrogen (secondary N) is 1. The fourth-order valence-electron chi connectivity index (χ4n) is 2.85. The third-order valence-electron chi connectivity index (χ3n) is 4.03. The second-order valence-electron chi connectivity index (χ2n) is 6.00. The van der Waals surface area contributed by atoms with Crippen molar-refractivity contribution in [2.75, 3.05) is 13.1 Å². The molecule has 1 saturated heterocycles. The average Bonchev–Trinajstić information content (AvgIpc) is 3.09. The zero-order valence-electron chi connectivity index (χ0n) is 12.1. The standard InChI is InChI=1S/C15H20BrN3O2/c1-10(8-18-6-2-3-14(18)20)17-15(21)13-7-11(16)9-19(13)12-4-5-12/h7,9-10,12H,2-6,8H2,1H3,(H,17,21). The van der Waals surface area contributed by atoms with Gasteiger partial charge in [0.15, 0.2) is 0 Å². The Bertz CT molecular complexity index is 565. The Hall–Kier alpha value is -1.30. The summed E-state index contributed by atoms with van der Waals surface area (Å²) in [4.78, 5) is 25.9. The quantitative estimate of drug-likeness (QED) is 0.882. The molecule has 0 bridgehead atoms. The minimum atomic E-state index is -0.0632. The van der Waals surface area contributed by atoms with E-state index in [-0.39, 0.29) is 17.9 Å². The Morgan fingerprint density at radius 2 is 2.29 bits per heavy atom. The van der Waals surface area contributed by atoms with Gasteiger partial charge in [0.2, 0.25) is 5.91 Å². The third kappa shape index (κ3) is 3.31. The predicted molar refractivity (Wildman–Crippen MR) is 83.1 cm³/mol. The molecule has 5 nitrogen and oxygen atoms in total. The van der Waals surface area contributed by atoms with E-state index in [1.165, 1.54) is 0 Å². The van der Waals surface area contributed by atoms with Gasteiger partial charge in [-0.15, -0.1) is 0 Å². The van der Waals surface area contributed by atoms with Gasteiger partial charge in [-0.05, 0) is 48.2 Å². The summed E-state index contributed by atoms with van der Waals surface area (Å²) in [6, 6.07) is 2.29. The molecule has 2 heterocycles. The van der Waals surface area contributed by atoms with Gasteiger partial charge in [-0.2, -0.15) is 0 Å². The Balaban J connectivity index is 1.61. The summed E-state index contributed by atoms with van der Waals surface area (Å²) in [6.45, 7) is 3.35. The first-order chi connectivity index (χ1) is 10.0. The smallest absolute Gasteiger partial charge is 0.268 e. The summed E-state index contributed by atoms with van der Waals surface area (Å²) >= 11 is 3.44. The molecule has 3 rings (SSSR count). The van der Waals surface area contributed by atoms with E-state index in [1.807, 2.05) is 28.7 Å². The fraction of sp³-hybridized carbons (Fsp3) is 0.600. The van der Waals surface area contributed by atoms with Crippen LogP contribution < -0.4 is 5.32 Å². The van der Waals surface area contributed by atoms with Crippen LogP contribution in [0.2, 0.25) is 0 Å². The molecule has 1 aromatic heterocycles. The summed E-state index contributed by atoms with van der Waals surface area (Å²) < 4.78 is 2.98. The van der Waals surface area contributed by atoms with Crippen molar-refractivity contribution in [2.45, 2.75) is 44.7 Å². The predicted octanol–water partition coefficient (Wildman–Crippen LogP) is 2.33. The molecule has 6 heteroatoms. The highest BCUT2D eigenvalue weighted by Gasteiger charge is 2.28. The zero-order chi connectivity index (χ0) is 15.0. The molecule has 2 fully saturated rings. The van der Waals surface area contributed by atoms with Crippen molar-refractivity contribution in [3.05, 3.63) is 22.4 Å². The van der Waals surface area contributed by atoms with Gasteiger partial charge in [0.25, 0.3) is 5.91 Å². The van der Waals surface area contributed by atoms with Crippen LogP contribution in [0.25, 0.3) is 0 Å². The summed E-state index contributed by atoms with van der Waals surface area (Å²) in [5, 5.41) is 3.01. The van der Waals surface area contributed by atoms with Crippen molar-refractivity contribution >= 4 is 27.7 Å². The minimum absolute atomic E-state index is 0.0409. The normalized spacial score (nSPS) is 19.9. The summed E-state index contributed by atoms with van der Waals surface area (Å²) in [6.07, 6.45) is 5.81. The highest BCUT2D eigenvalue weighted by molar-refractivity contribution is 9.10. The molecule has 0 aromatic carbocycles. The van der Waals surface area contributed by atoms with E-state index >= 15 is 0 Å². The number of nitrogens with zero attached hydrogens (tertiary/aromatic N) is 2. The molecule has 0 radical (unpaired) electrons. The van der Waals surface area contributed by atoms with Gasteiger partial charge in [0, 0.05) is 42.3 Å². The first-order valence-electron chi connectivity index (χ1n) is 7.50. The Kier molecular flexibility index (Phi) is 4.06. The first-order valence-corrected chi connectivity index (χ1v) is 8.30. The van der Waals surface area contributed by atoms with Crippen molar-refractivity contribution in [3.8, 4) is 0 Å². The SMILES string of the molecule is CC(CN1CCCC1=O)NC(=O)c1cc(Br)cn1C1CC1. The molecular formula is C15H20BrN3O2. The van der Waals surface area contributed by atoms with Crippen LogP contribution in [-0.4, -0.2) is 40.4 Å². The largest absolute Gasteiger partial charge is 0.347 e. The van der Waals surface area contributed by atoms with E-state index in [0.717, 1.165) is 30.3 Å². The van der Waals surface area contributed by atoms with Crippen LogP contribution in [0.15, 0.2) is 16.7 Å². The molecule has 1 aromatic rings. The molecule has 1 aliphatic heterocycles. The average molecular weight is 354 g/mol. The van der Waals surface area contributed by atoms with Crippen LogP contribution in [-0.2, 0) is 4.79 Å². The lowest BCUT2D eigenvalue weighted by Gasteiger charge is -2.22. The summed E-state index contributed by atoms with van der Waals surface area (Å²) in [5.74, 6) is 0.131. The first kappa shape index (κ1) is 14.6. The Labute approximate surface area is 132 Å². The second-order valence-corrected chi connectivity index (χ2v) is 6.92. The van der Waals surface area contributed by atoms with Crippen LogP contribution in [0.5, 0.6) is 0 Å². The van der Waals surface area contributed by atoms with Gasteiger partial charge >= 0.3 is 0 Å². The monoisotopic (exact) mass is 353 g/mol. The van der Waals surface area contributed by atoms with E-state index in [9.17, 15) is 9.59 Å². The Morgan fingerprint density at radius 1 is 1.52 bits per heavy atom. The molecule has 2 amide bonds. The summed E-state index contributed by atoms with van der Waals surface area (Å²) in [5.41, 5.74) is 0.698. The lowest BCUT2D eigenvalue weighted by atomic mass is 10.3. The maximum absolute atomic E-state index is 12.4. The van der Waals surface area contributed by atoms with Gasteiger partial charge in [-0.1, -0.05) is 0 Å². The van der Waals surface area contributed by atoms with Crippen LogP contribution in [0.3, 0.4) is 0 Å². The van der Waals surface area contributed by atoms with Crippen molar-refractivity contribution in [3.63, 3.8) is 0 Å². The lowest BCUT2D eigenvalue weighted by Crippen LogP contribution is -2.42. The molecule has 1 N–H and O–H groups in total. The molecule has 2 aliphatic rings. The maximum atomic E-state index is 12.4. The third-order valence-corrected chi connectivity index (χ3v) is 4.46. The maximum Gasteiger partial charge on any atom is 0.268 e. The fourth-order valence-corrected chi connectivity index (χ4v) is 3.29. The van der Waals surface area contributed by atoms with Gasteiger partial charge < -0.3 is 14.8 Å². The van der Waals surface area contributed by atoms with E-state index in [1.54, 1.807) is 0 Å². The van der Waals surface area contributed by atoms with Crippen LogP contribution >= 0.6 is 15.9 Å². The number of rotatable bonds is 5. The van der Waals surface area contributed by atoms with Gasteiger partial charge in [0.1, 0.15) is 5.69 Å². The Morgan fingerprint density at radius 3 is 2.90 bits per heavy atom. The second kappa shape index (κ2) is 5.83. The molecule has 1 saturated carbocycles. The number of aromatic nitrogens is 1. The van der Waals surface area contributed by atoms with Crippen molar-refractivity contribution in [1.29, 1.82) is 0 Å². The lowest BCUT2D eigenvalue weighted by molar-refractivity contribution is -0.127. The highest BCUT2D eigenvalue weighted by atomic mass is 79.9. The summed E-state index contributed by atoms with van der Waals surface area (Å²) in [7, 11) is 0. The van der Waals surface area contributed by atoms with Gasteiger partial charge in [-0.3, -0.25) is 9.59 Å². The number of halogens is 1. The van der Waals surface area contributed by atoms with Crippen LogP contribution in [0, 0.1) is 0 Å². The van der Waals surface area contributed by atoms with Gasteiger partial charge in [-0.25, -0.2) is 0 Å². The van der Waals surface area contributed by atoms with Crippen LogP contribution in [0.1, 0.15) is 49.1 Å². The molecule has 114 valence electrons. The minimum Gasteiger partial charge on any atom is -0.347 e. The molecule has 1 atom stereocenters. The molecular weight excluding hydrogens is 334 g/mol. The zero-order valence-corrected chi connectivity index (χ0v) is 13.7. The number of amides is 2. The van der Waals surface area contributed by atoms with Crippen molar-refractivity contribution in [1.82, 2.24) is 14.8 Å². The number of carbonyl (C=O) groups is 2. The van der Waals surface area contributed by atoms with Crippen molar-refractivity contribution < 1.29 is 9.59 Å². The highest BCUT2D eigenvalue weighted by Crippen LogP contribution is 2.37. The molecule has 1 unspecified atom stereocenters. The van der Waals surface area contributed by atoms with Gasteiger partial charge in [0.05, 0.1) is 0 Å². The topological polar surface area (TPSA) is 54.3 Å². The van der Waals surface area contributed by atoms with E-state index in [2.05, 4.69) is 21.2 Å². The number of likely N-dealkylation sites (tertiary alicyclic amines) is 1. The van der Waals surface area contributed by atoms with Crippen LogP contribution in [0.4, 0.5) is 0 Å². The molecule has 0 spiro atoms. The number of carbonyl (C=O) groups excluding carboxylic acids is 2. The van der Waals surface area contributed by atoms with E-state index in [0.29, 0.717) is 24.7 Å². The molecule has 21 heavy (non-hydrogen) atoms. The van der Waals surface area contributed by atoms with Crippen molar-refractivity contribution in [2.24, 2.45) is 0 Å². The van der Waals surface area contributed by atoms with E-state index in [4.69, 9.17) is 0 Å².